The second-order valence-corrected chi connectivity index (χ2v) is 9.46. The van der Waals surface area contributed by atoms with Gasteiger partial charge in [0.25, 0.3) is 0 Å². The number of azide groups is 2. The molecule has 0 amide bonds. The van der Waals surface area contributed by atoms with Crippen molar-refractivity contribution in [3.05, 3.63) is 97.4 Å². The predicted octanol–water partition coefficient (Wildman–Crippen LogP) is 4.14. The van der Waals surface area contributed by atoms with Gasteiger partial charge in [0.1, 0.15) is 10.6 Å². The molecule has 0 atom stereocenters. The SMILES string of the molecule is COc1cc(C(=O)c2ccc(O)c(O)c2O)ccc1OS(=O)(=O)C1=C(N=[N+]=[N-])C(=O)C(=O)c2cccc(N=[N+]=[N-])c21. The molecule has 17 heteroatoms. The molecule has 0 aliphatic heterocycles. The van der Waals surface area contributed by atoms with Crippen LogP contribution < -0.4 is 8.92 Å². The average Bonchev–Trinajstić information content (AvgIpc) is 2.94. The molecular weight excluding hydrogens is 564 g/mol. The van der Waals surface area contributed by atoms with Gasteiger partial charge in [-0.15, -0.1) is 0 Å². The van der Waals surface area contributed by atoms with E-state index < -0.39 is 77.8 Å². The Kier molecular flexibility index (Phi) is 7.26. The van der Waals surface area contributed by atoms with Crippen molar-refractivity contribution in [2.45, 2.75) is 0 Å². The molecule has 16 nitrogen and oxygen atoms in total. The molecule has 41 heavy (non-hydrogen) atoms. The van der Waals surface area contributed by atoms with Gasteiger partial charge in [0.05, 0.1) is 12.7 Å². The number of hydrogen-bond acceptors (Lipinski definition) is 12. The molecule has 1 aliphatic rings. The zero-order valence-corrected chi connectivity index (χ0v) is 21.2. The van der Waals surface area contributed by atoms with Gasteiger partial charge >= 0.3 is 10.1 Å². The average molecular weight is 578 g/mol. The Labute approximate surface area is 228 Å². The van der Waals surface area contributed by atoms with Crippen LogP contribution in [0.2, 0.25) is 0 Å². The Morgan fingerprint density at radius 1 is 0.902 bits per heavy atom. The highest BCUT2D eigenvalue weighted by atomic mass is 32.2. The maximum atomic E-state index is 13.6. The lowest BCUT2D eigenvalue weighted by atomic mass is 9.92. The van der Waals surface area contributed by atoms with E-state index in [-0.39, 0.29) is 17.0 Å². The molecule has 0 heterocycles. The minimum absolute atomic E-state index is 0.171. The van der Waals surface area contributed by atoms with E-state index in [1.807, 2.05) is 0 Å². The minimum Gasteiger partial charge on any atom is -0.504 e. The number of nitrogens with zero attached hydrogens (tertiary/aromatic N) is 6. The third-order valence-electron chi connectivity index (χ3n) is 5.70. The number of fused-ring (bicyclic) bond motifs is 1. The second-order valence-electron chi connectivity index (χ2n) is 7.98. The molecule has 0 fully saturated rings. The van der Waals surface area contributed by atoms with Gasteiger partial charge in [-0.25, -0.2) is 0 Å². The van der Waals surface area contributed by atoms with Crippen LogP contribution in [0.15, 0.2) is 64.5 Å². The quantitative estimate of drug-likeness (QED) is 0.0654. The van der Waals surface area contributed by atoms with Crippen molar-refractivity contribution in [1.82, 2.24) is 0 Å². The second kappa shape index (κ2) is 10.6. The van der Waals surface area contributed by atoms with Crippen molar-refractivity contribution in [3.63, 3.8) is 0 Å². The molecule has 0 saturated carbocycles. The molecule has 3 aromatic rings. The van der Waals surface area contributed by atoms with E-state index in [1.165, 1.54) is 6.07 Å². The lowest BCUT2D eigenvalue weighted by Gasteiger charge is -2.21. The normalized spacial score (nSPS) is 12.6. The molecule has 0 unspecified atom stereocenters. The summed E-state index contributed by atoms with van der Waals surface area (Å²) >= 11 is 0. The standard InChI is InChI=1S/C24H14N6O10S/c1-39-16-9-10(19(32)12-6-7-14(31)22(35)21(12)34)5-8-15(16)40-41(37,38)24-17-11(3-2-4-13(17)27-29-25)20(33)23(36)18(24)28-30-26/h2-9,31,34-35H,1H3. The molecule has 0 spiro atoms. The predicted molar refractivity (Wildman–Crippen MR) is 138 cm³/mol. The third kappa shape index (κ3) is 4.81. The number of benzene rings is 3. The number of aromatic hydroxyl groups is 3. The number of phenolic OH excluding ortho intramolecular Hbond substituents is 3. The van der Waals surface area contributed by atoms with E-state index in [0.717, 1.165) is 49.6 Å². The summed E-state index contributed by atoms with van der Waals surface area (Å²) in [6.07, 6.45) is 0. The molecule has 4 rings (SSSR count). The summed E-state index contributed by atoms with van der Waals surface area (Å²) in [5.74, 6) is -6.91. The Morgan fingerprint density at radius 3 is 2.27 bits per heavy atom. The van der Waals surface area contributed by atoms with Crippen LogP contribution in [0.4, 0.5) is 5.69 Å². The molecular formula is C24H14N6O10S. The lowest BCUT2D eigenvalue weighted by Crippen LogP contribution is -2.27. The highest BCUT2D eigenvalue weighted by molar-refractivity contribution is 7.96. The summed E-state index contributed by atoms with van der Waals surface area (Å²) in [4.78, 5) is 42.2. The molecule has 1 aliphatic carbocycles. The number of rotatable bonds is 8. The summed E-state index contributed by atoms with van der Waals surface area (Å²) in [5.41, 5.74) is 14.8. The van der Waals surface area contributed by atoms with Crippen LogP contribution in [0.25, 0.3) is 25.8 Å². The van der Waals surface area contributed by atoms with Gasteiger partial charge in [-0.2, -0.15) is 8.42 Å². The van der Waals surface area contributed by atoms with E-state index in [1.54, 1.807) is 0 Å². The number of carbonyl (C=O) groups excluding carboxylic acids is 3. The van der Waals surface area contributed by atoms with Crippen molar-refractivity contribution in [1.29, 1.82) is 0 Å². The van der Waals surface area contributed by atoms with Crippen LogP contribution in [0, 0.1) is 0 Å². The van der Waals surface area contributed by atoms with Crippen LogP contribution >= 0.6 is 0 Å². The number of allylic oxidation sites excluding steroid dienone is 1. The van der Waals surface area contributed by atoms with Crippen LogP contribution in [0.5, 0.6) is 28.7 Å². The largest absolute Gasteiger partial charge is 0.504 e. The number of carbonyl (C=O) groups is 3. The van der Waals surface area contributed by atoms with Gasteiger partial charge in [-0.1, -0.05) is 28.4 Å². The first kappa shape index (κ1) is 28.0. The van der Waals surface area contributed by atoms with Gasteiger partial charge in [-0.3, -0.25) is 14.4 Å². The maximum absolute atomic E-state index is 13.6. The smallest absolute Gasteiger partial charge is 0.340 e. The van der Waals surface area contributed by atoms with E-state index in [4.69, 9.17) is 20.0 Å². The van der Waals surface area contributed by atoms with Crippen molar-refractivity contribution < 1.29 is 47.0 Å². The van der Waals surface area contributed by atoms with Crippen LogP contribution in [0.1, 0.15) is 31.8 Å². The summed E-state index contributed by atoms with van der Waals surface area (Å²) in [6.45, 7) is 0. The number of ketones is 3. The Balaban J connectivity index is 1.85. The zero-order valence-electron chi connectivity index (χ0n) is 20.4. The van der Waals surface area contributed by atoms with Crippen molar-refractivity contribution in [2.24, 2.45) is 10.2 Å². The van der Waals surface area contributed by atoms with Crippen LogP contribution in [-0.2, 0) is 14.9 Å². The number of ether oxygens (including phenoxy) is 1. The minimum atomic E-state index is -5.16. The number of phenols is 3. The fourth-order valence-corrected chi connectivity index (χ4v) is 5.17. The van der Waals surface area contributed by atoms with Gasteiger partial charge < -0.3 is 24.2 Å². The van der Waals surface area contributed by atoms with Gasteiger partial charge in [0.2, 0.25) is 17.3 Å². The van der Waals surface area contributed by atoms with E-state index in [9.17, 15) is 38.1 Å². The molecule has 3 aromatic carbocycles. The highest BCUT2D eigenvalue weighted by Crippen LogP contribution is 2.43. The van der Waals surface area contributed by atoms with Gasteiger partial charge in [-0.05, 0) is 41.4 Å². The van der Waals surface area contributed by atoms with E-state index in [0.29, 0.717) is 0 Å². The third-order valence-corrected chi connectivity index (χ3v) is 6.99. The topological polar surface area (TPSA) is 262 Å². The fourth-order valence-electron chi connectivity index (χ4n) is 3.88. The zero-order chi connectivity index (χ0) is 30.1. The fraction of sp³-hybridized carbons (Fsp3) is 0.0417. The summed E-state index contributed by atoms with van der Waals surface area (Å²) in [5, 5.41) is 35.7. The number of hydrogen-bond donors (Lipinski definition) is 3. The summed E-state index contributed by atoms with van der Waals surface area (Å²) in [7, 11) is -4.05. The van der Waals surface area contributed by atoms with Crippen molar-refractivity contribution >= 4 is 38.1 Å². The van der Waals surface area contributed by atoms with Gasteiger partial charge in [0, 0.05) is 32.2 Å². The first-order chi connectivity index (χ1) is 19.5. The molecule has 0 saturated heterocycles. The molecule has 3 N–H and O–H groups in total. The van der Waals surface area contributed by atoms with Crippen molar-refractivity contribution in [3.8, 4) is 28.7 Å². The molecule has 206 valence electrons. The number of Topliss-reactive ketones (excluding diaryl/α,β-unsaturated/α-hetero) is 2. The van der Waals surface area contributed by atoms with E-state index in [2.05, 4.69) is 20.1 Å². The summed E-state index contributed by atoms with van der Waals surface area (Å²) < 4.78 is 37.5. The van der Waals surface area contributed by atoms with Crippen molar-refractivity contribution in [2.75, 3.05) is 7.11 Å². The Morgan fingerprint density at radius 2 is 1.61 bits per heavy atom. The first-order valence-electron chi connectivity index (χ1n) is 10.9. The van der Waals surface area contributed by atoms with Gasteiger partial charge in [0.15, 0.2) is 28.8 Å². The molecule has 0 aromatic heterocycles. The van der Waals surface area contributed by atoms with Crippen LogP contribution in [0.3, 0.4) is 0 Å². The monoisotopic (exact) mass is 578 g/mol. The maximum Gasteiger partial charge on any atom is 0.340 e. The molecule has 0 radical (unpaired) electrons. The van der Waals surface area contributed by atoms with Crippen LogP contribution in [-0.4, -0.2) is 48.2 Å². The Bertz CT molecular complexity index is 1920. The van der Waals surface area contributed by atoms with E-state index >= 15 is 0 Å². The lowest BCUT2D eigenvalue weighted by molar-refractivity contribution is -0.111. The first-order valence-corrected chi connectivity index (χ1v) is 12.4. The molecule has 0 bridgehead atoms. The highest BCUT2D eigenvalue weighted by Gasteiger charge is 2.41. The Hall–Kier alpha value is -6.02. The number of methoxy groups -OCH3 is 1. The summed E-state index contributed by atoms with van der Waals surface area (Å²) in [6, 6.07) is 8.61.